The Balaban J connectivity index is 2.48. The fraction of sp³-hybridized carbons (Fsp3) is 0.333. The molecule has 1 atom stereocenters. The van der Waals surface area contributed by atoms with E-state index in [1.807, 2.05) is 18.4 Å². The lowest BCUT2D eigenvalue weighted by Crippen LogP contribution is -2.17. The third-order valence-electron chi connectivity index (χ3n) is 3.20. The Bertz CT molecular complexity index is 540. The summed E-state index contributed by atoms with van der Waals surface area (Å²) in [6.07, 6.45) is 0. The van der Waals surface area contributed by atoms with E-state index in [9.17, 15) is 0 Å². The molecule has 1 N–H and O–H groups in total. The topological polar surface area (TPSA) is 12.0 Å². The number of thiophene rings is 1. The van der Waals surface area contributed by atoms with Crippen molar-refractivity contribution in [3.63, 3.8) is 0 Å². The number of hydrogen-bond acceptors (Lipinski definition) is 2. The average molecular weight is 324 g/mol. The Morgan fingerprint density at radius 3 is 2.44 bits per heavy atom. The molecule has 0 spiro atoms. The van der Waals surface area contributed by atoms with Gasteiger partial charge in [0.25, 0.3) is 0 Å². The molecule has 0 saturated carbocycles. The number of benzene rings is 1. The zero-order valence-electron chi connectivity index (χ0n) is 11.2. The van der Waals surface area contributed by atoms with Crippen LogP contribution in [0.15, 0.2) is 28.7 Å². The molecule has 0 amide bonds. The van der Waals surface area contributed by atoms with Crippen LogP contribution in [0.5, 0.6) is 0 Å². The van der Waals surface area contributed by atoms with Gasteiger partial charge in [-0.25, -0.2) is 0 Å². The van der Waals surface area contributed by atoms with E-state index in [-0.39, 0.29) is 6.04 Å². The van der Waals surface area contributed by atoms with Crippen LogP contribution < -0.4 is 5.32 Å². The minimum atomic E-state index is 0.278. The zero-order chi connectivity index (χ0) is 13.3. The fourth-order valence-electron chi connectivity index (χ4n) is 2.15. The molecular weight excluding hydrogens is 306 g/mol. The molecule has 0 fully saturated rings. The van der Waals surface area contributed by atoms with Crippen molar-refractivity contribution in [2.24, 2.45) is 0 Å². The number of nitrogens with one attached hydrogen (secondary N) is 1. The summed E-state index contributed by atoms with van der Waals surface area (Å²) in [4.78, 5) is 2.69. The molecule has 3 heteroatoms. The molecule has 2 aromatic rings. The van der Waals surface area contributed by atoms with E-state index in [4.69, 9.17) is 0 Å². The second kappa shape index (κ2) is 5.55. The van der Waals surface area contributed by atoms with Crippen LogP contribution in [0, 0.1) is 20.8 Å². The van der Waals surface area contributed by atoms with Crippen LogP contribution in [0.1, 0.15) is 32.5 Å². The van der Waals surface area contributed by atoms with E-state index in [1.54, 1.807) is 0 Å². The van der Waals surface area contributed by atoms with Gasteiger partial charge in [0, 0.05) is 14.2 Å². The van der Waals surface area contributed by atoms with Gasteiger partial charge in [-0.05, 0) is 60.9 Å². The lowest BCUT2D eigenvalue weighted by molar-refractivity contribution is 0.698. The summed E-state index contributed by atoms with van der Waals surface area (Å²) in [6, 6.07) is 9.15. The number of aryl methyl sites for hydroxylation is 3. The Morgan fingerprint density at radius 2 is 1.89 bits per heavy atom. The van der Waals surface area contributed by atoms with Crippen LogP contribution in [0.2, 0.25) is 0 Å². The lowest BCUT2D eigenvalue weighted by atomic mass is 9.98. The maximum atomic E-state index is 3.60. The van der Waals surface area contributed by atoms with Crippen LogP contribution >= 0.6 is 27.3 Å². The summed E-state index contributed by atoms with van der Waals surface area (Å²) in [5, 5.41) is 3.43. The first-order valence-corrected chi connectivity index (χ1v) is 7.64. The average Bonchev–Trinajstić information content (AvgIpc) is 2.65. The van der Waals surface area contributed by atoms with E-state index in [2.05, 4.69) is 66.3 Å². The van der Waals surface area contributed by atoms with Gasteiger partial charge in [0.15, 0.2) is 0 Å². The van der Waals surface area contributed by atoms with Crippen molar-refractivity contribution in [2.45, 2.75) is 26.8 Å². The van der Waals surface area contributed by atoms with Crippen molar-refractivity contribution in [3.05, 3.63) is 55.2 Å². The summed E-state index contributed by atoms with van der Waals surface area (Å²) in [7, 11) is 2.02. The molecule has 0 bridgehead atoms. The molecule has 1 heterocycles. The largest absolute Gasteiger partial charge is 0.309 e. The van der Waals surface area contributed by atoms with E-state index in [1.165, 1.54) is 30.9 Å². The van der Waals surface area contributed by atoms with E-state index >= 15 is 0 Å². The first-order valence-electron chi connectivity index (χ1n) is 6.03. The Kier molecular flexibility index (Phi) is 4.25. The first kappa shape index (κ1) is 13.8. The van der Waals surface area contributed by atoms with E-state index in [0.29, 0.717) is 0 Å². The molecule has 1 aromatic heterocycles. The van der Waals surface area contributed by atoms with Gasteiger partial charge in [-0.3, -0.25) is 0 Å². The minimum Gasteiger partial charge on any atom is -0.309 e. The van der Waals surface area contributed by atoms with Crippen LogP contribution in [0.4, 0.5) is 0 Å². The monoisotopic (exact) mass is 323 g/mol. The molecule has 0 aliphatic rings. The van der Waals surface area contributed by atoms with Crippen molar-refractivity contribution >= 4 is 27.3 Å². The molecule has 0 aliphatic carbocycles. The van der Waals surface area contributed by atoms with E-state index < -0.39 is 0 Å². The van der Waals surface area contributed by atoms with Gasteiger partial charge >= 0.3 is 0 Å². The number of hydrogen-bond donors (Lipinski definition) is 1. The predicted molar refractivity (Wildman–Crippen MR) is 83.6 cm³/mol. The van der Waals surface area contributed by atoms with Crippen LogP contribution in [0.3, 0.4) is 0 Å². The highest BCUT2D eigenvalue weighted by atomic mass is 79.9. The molecule has 1 nitrogen and oxygen atoms in total. The maximum absolute atomic E-state index is 3.60. The van der Waals surface area contributed by atoms with Crippen LogP contribution in [0.25, 0.3) is 0 Å². The van der Waals surface area contributed by atoms with Crippen molar-refractivity contribution in [2.75, 3.05) is 7.05 Å². The lowest BCUT2D eigenvalue weighted by Gasteiger charge is -2.18. The van der Waals surface area contributed by atoms with Gasteiger partial charge in [0.1, 0.15) is 0 Å². The minimum absolute atomic E-state index is 0.278. The Morgan fingerprint density at radius 1 is 1.17 bits per heavy atom. The normalized spacial score (nSPS) is 12.7. The SMILES string of the molecule is CNC(c1cc(Br)c(C)s1)c1cc(C)ccc1C. The number of halogens is 1. The summed E-state index contributed by atoms with van der Waals surface area (Å²) >= 11 is 5.45. The first-order chi connectivity index (χ1) is 8.52. The van der Waals surface area contributed by atoms with Crippen molar-refractivity contribution in [1.82, 2.24) is 5.32 Å². The van der Waals surface area contributed by atoms with Gasteiger partial charge in [0.2, 0.25) is 0 Å². The molecule has 2 rings (SSSR count). The highest BCUT2D eigenvalue weighted by Crippen LogP contribution is 2.34. The molecule has 1 aromatic carbocycles. The summed E-state index contributed by atoms with van der Waals surface area (Å²) in [5.41, 5.74) is 4.01. The van der Waals surface area contributed by atoms with Gasteiger partial charge in [0.05, 0.1) is 6.04 Å². The van der Waals surface area contributed by atoms with E-state index in [0.717, 1.165) is 0 Å². The molecule has 18 heavy (non-hydrogen) atoms. The Hall–Kier alpha value is -0.640. The third kappa shape index (κ3) is 2.68. The van der Waals surface area contributed by atoms with Gasteiger partial charge in [-0.2, -0.15) is 0 Å². The molecule has 1 unspecified atom stereocenters. The quantitative estimate of drug-likeness (QED) is 0.859. The predicted octanol–water partition coefficient (Wildman–Crippen LogP) is 4.74. The number of rotatable bonds is 3. The van der Waals surface area contributed by atoms with Gasteiger partial charge in [-0.1, -0.05) is 23.8 Å². The fourth-order valence-corrected chi connectivity index (χ4v) is 3.84. The highest BCUT2D eigenvalue weighted by Gasteiger charge is 2.17. The molecule has 0 radical (unpaired) electrons. The molecule has 0 saturated heterocycles. The van der Waals surface area contributed by atoms with Crippen molar-refractivity contribution in [1.29, 1.82) is 0 Å². The molecule has 96 valence electrons. The maximum Gasteiger partial charge on any atom is 0.0671 e. The zero-order valence-corrected chi connectivity index (χ0v) is 13.6. The van der Waals surface area contributed by atoms with Crippen molar-refractivity contribution < 1.29 is 0 Å². The van der Waals surface area contributed by atoms with Crippen LogP contribution in [-0.4, -0.2) is 7.05 Å². The van der Waals surface area contributed by atoms with Gasteiger partial charge < -0.3 is 5.32 Å². The second-order valence-corrected chi connectivity index (χ2v) is 6.78. The van der Waals surface area contributed by atoms with Crippen LogP contribution in [-0.2, 0) is 0 Å². The molecule has 0 aliphatic heterocycles. The molecular formula is C15H18BrNS. The highest BCUT2D eigenvalue weighted by molar-refractivity contribution is 9.10. The smallest absolute Gasteiger partial charge is 0.0671 e. The third-order valence-corrected chi connectivity index (χ3v) is 5.40. The second-order valence-electron chi connectivity index (χ2n) is 4.63. The summed E-state index contributed by atoms with van der Waals surface area (Å²) < 4.78 is 1.20. The van der Waals surface area contributed by atoms with Crippen molar-refractivity contribution in [3.8, 4) is 0 Å². The summed E-state index contributed by atoms with van der Waals surface area (Å²) in [5.74, 6) is 0. The Labute approximate surface area is 121 Å². The van der Waals surface area contributed by atoms with Gasteiger partial charge in [-0.15, -0.1) is 11.3 Å². The summed E-state index contributed by atoms with van der Waals surface area (Å²) in [6.45, 7) is 6.47. The standard InChI is InChI=1S/C15H18BrNS/c1-9-5-6-10(2)12(7-9)15(17-4)14-8-13(16)11(3)18-14/h5-8,15,17H,1-4H3.